The normalized spacial score (nSPS) is 26.0. The maximum absolute atomic E-state index is 12.0. The van der Waals surface area contributed by atoms with Crippen molar-refractivity contribution in [3.63, 3.8) is 0 Å². The molecule has 1 rings (SSSR count). The summed E-state index contributed by atoms with van der Waals surface area (Å²) in [5.41, 5.74) is 0. The first kappa shape index (κ1) is 9.38. The summed E-state index contributed by atoms with van der Waals surface area (Å²) in [5.74, 6) is -0.0750. The first-order valence-electron chi connectivity index (χ1n) is 3.90. The van der Waals surface area contributed by atoms with Gasteiger partial charge in [0.05, 0.1) is 6.04 Å². The lowest BCUT2D eigenvalue weighted by Crippen LogP contribution is -2.41. The summed E-state index contributed by atoms with van der Waals surface area (Å²) in [5, 5.41) is 5.24. The Morgan fingerprint density at radius 2 is 2.33 bits per heavy atom. The van der Waals surface area contributed by atoms with Crippen LogP contribution in [0.3, 0.4) is 0 Å². The average Bonchev–Trinajstić information content (AvgIpc) is 2.35. The molecular weight excluding hydrogens is 166 g/mol. The molecule has 1 fully saturated rings. The number of nitrogens with one attached hydrogen (secondary N) is 2. The number of halogens is 2. The van der Waals surface area contributed by atoms with E-state index in [9.17, 15) is 13.6 Å². The summed E-state index contributed by atoms with van der Waals surface area (Å²) >= 11 is 0. The van der Waals surface area contributed by atoms with E-state index in [1.54, 1.807) is 0 Å². The minimum atomic E-state index is -2.37. The van der Waals surface area contributed by atoms with Crippen LogP contribution in [-0.4, -0.2) is 31.0 Å². The highest BCUT2D eigenvalue weighted by Crippen LogP contribution is 2.05. The largest absolute Gasteiger partial charge is 0.354 e. The predicted octanol–water partition coefficient (Wildman–Crippen LogP) is 0.118. The van der Waals surface area contributed by atoms with E-state index >= 15 is 0 Å². The molecule has 2 N–H and O–H groups in total. The van der Waals surface area contributed by atoms with Gasteiger partial charge >= 0.3 is 0 Å². The second-order valence-electron chi connectivity index (χ2n) is 2.99. The molecule has 3 nitrogen and oxygen atoms in total. The minimum Gasteiger partial charge on any atom is -0.354 e. The zero-order valence-corrected chi connectivity index (χ0v) is 6.81. The summed E-state index contributed by atoms with van der Waals surface area (Å²) in [7, 11) is 0. The average molecular weight is 178 g/mol. The van der Waals surface area contributed by atoms with E-state index in [0.717, 1.165) is 0 Å². The van der Waals surface area contributed by atoms with Crippen LogP contribution in [0.15, 0.2) is 0 Å². The Hall–Kier alpha value is -0.710. The smallest absolute Gasteiger partial charge is 0.253 e. The quantitative estimate of drug-likeness (QED) is 0.644. The molecule has 12 heavy (non-hydrogen) atoms. The van der Waals surface area contributed by atoms with Crippen molar-refractivity contribution in [1.82, 2.24) is 10.6 Å². The highest BCUT2D eigenvalue weighted by Gasteiger charge is 2.25. The van der Waals surface area contributed by atoms with Crippen LogP contribution < -0.4 is 10.6 Å². The van der Waals surface area contributed by atoms with Crippen LogP contribution >= 0.6 is 0 Å². The van der Waals surface area contributed by atoms with Gasteiger partial charge in [0, 0.05) is 19.0 Å². The number of hydrogen-bond acceptors (Lipinski definition) is 2. The van der Waals surface area contributed by atoms with E-state index in [2.05, 4.69) is 10.6 Å². The molecule has 1 aliphatic rings. The van der Waals surface area contributed by atoms with Crippen LogP contribution in [-0.2, 0) is 4.79 Å². The van der Waals surface area contributed by atoms with Crippen LogP contribution in [0, 0.1) is 0 Å². The number of carbonyl (C=O) groups is 1. The van der Waals surface area contributed by atoms with E-state index in [-0.39, 0.29) is 11.9 Å². The van der Waals surface area contributed by atoms with Gasteiger partial charge in [-0.15, -0.1) is 0 Å². The van der Waals surface area contributed by atoms with E-state index in [0.29, 0.717) is 13.0 Å². The number of hydrogen-bond donors (Lipinski definition) is 2. The van der Waals surface area contributed by atoms with Crippen molar-refractivity contribution in [1.29, 1.82) is 0 Å². The summed E-state index contributed by atoms with van der Waals surface area (Å²) < 4.78 is 24.0. The fraction of sp³-hybridized carbons (Fsp3) is 0.857. The van der Waals surface area contributed by atoms with Crippen LogP contribution in [0.4, 0.5) is 8.78 Å². The molecular formula is C7H12F2N2O. The summed E-state index contributed by atoms with van der Waals surface area (Å²) in [6.45, 7) is 1.86. The fourth-order valence-corrected chi connectivity index (χ4v) is 1.17. The molecule has 1 amide bonds. The van der Waals surface area contributed by atoms with E-state index in [1.165, 1.54) is 6.92 Å². The standard InChI is InChI=1S/C7H12F2N2O/c1-4(7(8)9)11-5-2-6(12)10-3-5/h4-5,7,11H,2-3H2,1H3,(H,10,12). The molecule has 0 spiro atoms. The second kappa shape index (κ2) is 3.80. The minimum absolute atomic E-state index is 0.0750. The van der Waals surface area contributed by atoms with Gasteiger partial charge in [-0.25, -0.2) is 8.78 Å². The molecule has 0 bridgehead atoms. The highest BCUT2D eigenvalue weighted by atomic mass is 19.3. The van der Waals surface area contributed by atoms with Gasteiger partial charge in [-0.05, 0) is 6.92 Å². The van der Waals surface area contributed by atoms with Crippen molar-refractivity contribution in [2.75, 3.05) is 6.54 Å². The predicted molar refractivity (Wildman–Crippen MR) is 40.0 cm³/mol. The second-order valence-corrected chi connectivity index (χ2v) is 2.99. The summed E-state index contributed by atoms with van der Waals surface area (Å²) in [4.78, 5) is 10.7. The van der Waals surface area contributed by atoms with Crippen LogP contribution in [0.25, 0.3) is 0 Å². The molecule has 1 heterocycles. The Kier molecular flexibility index (Phi) is 2.97. The van der Waals surface area contributed by atoms with E-state index in [1.807, 2.05) is 0 Å². The van der Waals surface area contributed by atoms with Crippen molar-refractivity contribution in [2.24, 2.45) is 0 Å². The summed E-state index contributed by atoms with van der Waals surface area (Å²) in [6.07, 6.45) is -2.07. The molecule has 70 valence electrons. The molecule has 1 aliphatic heterocycles. The van der Waals surface area contributed by atoms with Gasteiger partial charge in [0.1, 0.15) is 0 Å². The van der Waals surface area contributed by atoms with Gasteiger partial charge in [0.15, 0.2) is 0 Å². The van der Waals surface area contributed by atoms with Gasteiger partial charge < -0.3 is 10.6 Å². The molecule has 0 saturated carbocycles. The Labute approximate surface area is 69.5 Å². The van der Waals surface area contributed by atoms with Crippen molar-refractivity contribution < 1.29 is 13.6 Å². The number of amides is 1. The maximum atomic E-state index is 12.0. The number of rotatable bonds is 3. The maximum Gasteiger partial charge on any atom is 0.253 e. The molecule has 0 aromatic carbocycles. The molecule has 0 aromatic rings. The number of alkyl halides is 2. The van der Waals surface area contributed by atoms with Gasteiger partial charge in [-0.1, -0.05) is 0 Å². The third-order valence-corrected chi connectivity index (χ3v) is 1.85. The first-order chi connectivity index (χ1) is 5.59. The third-order valence-electron chi connectivity index (χ3n) is 1.85. The topological polar surface area (TPSA) is 41.1 Å². The van der Waals surface area contributed by atoms with Crippen LogP contribution in [0.5, 0.6) is 0 Å². The van der Waals surface area contributed by atoms with Gasteiger partial charge in [0.25, 0.3) is 6.43 Å². The zero-order chi connectivity index (χ0) is 9.14. The molecule has 0 aromatic heterocycles. The lowest BCUT2D eigenvalue weighted by molar-refractivity contribution is -0.119. The van der Waals surface area contributed by atoms with Crippen LogP contribution in [0.2, 0.25) is 0 Å². The monoisotopic (exact) mass is 178 g/mol. The Morgan fingerprint density at radius 3 is 2.75 bits per heavy atom. The SMILES string of the molecule is CC(NC1CNC(=O)C1)C(F)F. The lowest BCUT2D eigenvalue weighted by Gasteiger charge is -2.16. The molecule has 2 unspecified atom stereocenters. The molecule has 2 atom stereocenters. The van der Waals surface area contributed by atoms with Crippen LogP contribution in [0.1, 0.15) is 13.3 Å². The molecule has 0 radical (unpaired) electrons. The molecule has 1 saturated heterocycles. The Balaban J connectivity index is 2.27. The third kappa shape index (κ3) is 2.41. The van der Waals surface area contributed by atoms with Gasteiger partial charge in [-0.3, -0.25) is 4.79 Å². The van der Waals surface area contributed by atoms with Crippen molar-refractivity contribution in [3.05, 3.63) is 0 Å². The van der Waals surface area contributed by atoms with Crippen molar-refractivity contribution in [3.8, 4) is 0 Å². The van der Waals surface area contributed by atoms with Gasteiger partial charge in [0.2, 0.25) is 5.91 Å². The highest BCUT2D eigenvalue weighted by molar-refractivity contribution is 5.78. The van der Waals surface area contributed by atoms with E-state index in [4.69, 9.17) is 0 Å². The van der Waals surface area contributed by atoms with Gasteiger partial charge in [-0.2, -0.15) is 0 Å². The molecule has 0 aliphatic carbocycles. The first-order valence-corrected chi connectivity index (χ1v) is 3.90. The summed E-state index contributed by atoms with van der Waals surface area (Å²) in [6, 6.07) is -0.982. The lowest BCUT2D eigenvalue weighted by atomic mass is 10.2. The molecule has 5 heteroatoms. The van der Waals surface area contributed by atoms with Crippen molar-refractivity contribution >= 4 is 5.91 Å². The Morgan fingerprint density at radius 1 is 1.67 bits per heavy atom. The zero-order valence-electron chi connectivity index (χ0n) is 6.81. The van der Waals surface area contributed by atoms with E-state index < -0.39 is 12.5 Å². The fourth-order valence-electron chi connectivity index (χ4n) is 1.17. The number of carbonyl (C=O) groups excluding carboxylic acids is 1. The Bertz CT molecular complexity index is 175. The van der Waals surface area contributed by atoms with Crippen molar-refractivity contribution in [2.45, 2.75) is 31.9 Å².